The van der Waals surface area contributed by atoms with Gasteiger partial charge in [0.05, 0.1) is 5.69 Å². The first-order valence-electron chi connectivity index (χ1n) is 6.16. The number of fused-ring (bicyclic) bond motifs is 1. The molecule has 0 bridgehead atoms. The molecule has 0 unspecified atom stereocenters. The van der Waals surface area contributed by atoms with Gasteiger partial charge in [-0.05, 0) is 50.4 Å². The Labute approximate surface area is 99.7 Å². The average Bonchev–Trinajstić information content (AvgIpc) is 2.74. The largest absolute Gasteiger partial charge is 0.317 e. The van der Waals surface area contributed by atoms with Crippen molar-refractivity contribution in [3.05, 3.63) is 36.0 Å². The Morgan fingerprint density at radius 1 is 1.35 bits per heavy atom. The third-order valence-electron chi connectivity index (χ3n) is 3.45. The van der Waals surface area contributed by atoms with Crippen LogP contribution in [0.1, 0.15) is 18.5 Å². The number of nitrogens with one attached hydrogen (secondary N) is 1. The molecule has 0 aromatic carbocycles. The zero-order valence-electron chi connectivity index (χ0n) is 9.69. The molecule has 0 aliphatic carbocycles. The van der Waals surface area contributed by atoms with E-state index in [-0.39, 0.29) is 5.95 Å². The summed E-state index contributed by atoms with van der Waals surface area (Å²) < 4.78 is 15.0. The van der Waals surface area contributed by atoms with Crippen LogP contribution in [-0.2, 0) is 6.42 Å². The summed E-state index contributed by atoms with van der Waals surface area (Å²) in [5.41, 5.74) is 1.70. The number of halogens is 1. The first-order chi connectivity index (χ1) is 8.33. The fourth-order valence-corrected chi connectivity index (χ4v) is 2.51. The van der Waals surface area contributed by atoms with E-state index in [2.05, 4.69) is 10.3 Å². The molecule has 2 aromatic rings. The van der Waals surface area contributed by atoms with Gasteiger partial charge in [-0.3, -0.25) is 4.40 Å². The summed E-state index contributed by atoms with van der Waals surface area (Å²) in [5, 5.41) is 3.35. The maximum Gasteiger partial charge on any atom is 0.199 e. The third kappa shape index (κ3) is 2.17. The number of hydrogen-bond acceptors (Lipinski definition) is 2. The van der Waals surface area contributed by atoms with Crippen LogP contribution in [-0.4, -0.2) is 22.5 Å². The van der Waals surface area contributed by atoms with E-state index < -0.39 is 0 Å². The van der Waals surface area contributed by atoms with Crippen LogP contribution in [0.5, 0.6) is 0 Å². The van der Waals surface area contributed by atoms with Gasteiger partial charge in [-0.2, -0.15) is 4.39 Å². The lowest BCUT2D eigenvalue weighted by Crippen LogP contribution is -2.28. The highest BCUT2D eigenvalue weighted by Gasteiger charge is 2.15. The number of hydrogen-bond donors (Lipinski definition) is 1. The number of imidazole rings is 1. The zero-order chi connectivity index (χ0) is 11.7. The fourth-order valence-electron chi connectivity index (χ4n) is 2.51. The quantitative estimate of drug-likeness (QED) is 0.804. The lowest BCUT2D eigenvalue weighted by molar-refractivity contribution is 0.370. The first-order valence-corrected chi connectivity index (χ1v) is 6.16. The van der Waals surface area contributed by atoms with E-state index in [1.165, 1.54) is 23.3 Å². The summed E-state index contributed by atoms with van der Waals surface area (Å²) in [4.78, 5) is 4.47. The summed E-state index contributed by atoms with van der Waals surface area (Å²) >= 11 is 0. The summed E-state index contributed by atoms with van der Waals surface area (Å²) in [6.45, 7) is 2.18. The molecular weight excluding hydrogens is 217 g/mol. The van der Waals surface area contributed by atoms with Gasteiger partial charge in [0.2, 0.25) is 0 Å². The molecule has 0 spiro atoms. The van der Waals surface area contributed by atoms with Gasteiger partial charge in [0, 0.05) is 6.20 Å². The van der Waals surface area contributed by atoms with E-state index in [0.717, 1.165) is 25.2 Å². The van der Waals surface area contributed by atoms with E-state index in [1.54, 1.807) is 6.07 Å². The van der Waals surface area contributed by atoms with Crippen molar-refractivity contribution < 1.29 is 4.39 Å². The molecule has 1 N–H and O–H groups in total. The van der Waals surface area contributed by atoms with Crippen LogP contribution in [0.2, 0.25) is 0 Å². The Kier molecular flexibility index (Phi) is 2.81. The molecule has 0 atom stereocenters. The summed E-state index contributed by atoms with van der Waals surface area (Å²) in [7, 11) is 0. The average molecular weight is 233 g/mol. The van der Waals surface area contributed by atoms with Crippen molar-refractivity contribution in [2.45, 2.75) is 19.3 Å². The molecule has 0 saturated carbocycles. The predicted octanol–water partition coefficient (Wildman–Crippen LogP) is 2.02. The third-order valence-corrected chi connectivity index (χ3v) is 3.45. The van der Waals surface area contributed by atoms with Gasteiger partial charge >= 0.3 is 0 Å². The van der Waals surface area contributed by atoms with Gasteiger partial charge in [-0.25, -0.2) is 4.98 Å². The van der Waals surface area contributed by atoms with Crippen molar-refractivity contribution in [1.29, 1.82) is 0 Å². The molecule has 4 heteroatoms. The number of piperidine rings is 1. The lowest BCUT2D eigenvalue weighted by Gasteiger charge is -2.21. The molecule has 17 heavy (non-hydrogen) atoms. The minimum atomic E-state index is -0.244. The second kappa shape index (κ2) is 4.45. The molecule has 3 nitrogen and oxygen atoms in total. The molecule has 0 amide bonds. The maximum absolute atomic E-state index is 13.5. The molecule has 0 radical (unpaired) electrons. The van der Waals surface area contributed by atoms with Crippen LogP contribution in [0.25, 0.3) is 5.65 Å². The van der Waals surface area contributed by atoms with Crippen LogP contribution < -0.4 is 5.32 Å². The number of pyridine rings is 1. The SMILES string of the molecule is Fc1cccc2nc(CC3CCNCC3)cn12. The number of nitrogens with zero attached hydrogens (tertiary/aromatic N) is 2. The summed E-state index contributed by atoms with van der Waals surface area (Å²) in [5.74, 6) is 0.441. The highest BCUT2D eigenvalue weighted by atomic mass is 19.1. The van der Waals surface area contributed by atoms with Crippen molar-refractivity contribution in [3.8, 4) is 0 Å². The topological polar surface area (TPSA) is 29.3 Å². The van der Waals surface area contributed by atoms with Crippen LogP contribution in [0.4, 0.5) is 4.39 Å². The van der Waals surface area contributed by atoms with Crippen LogP contribution in [0, 0.1) is 11.9 Å². The minimum absolute atomic E-state index is 0.244. The molecule has 1 saturated heterocycles. The standard InChI is InChI=1S/C13H16FN3/c14-12-2-1-3-13-16-11(9-17(12)13)8-10-4-6-15-7-5-10/h1-3,9-10,15H,4-8H2. The Hall–Kier alpha value is -1.42. The lowest BCUT2D eigenvalue weighted by atomic mass is 9.93. The van der Waals surface area contributed by atoms with Crippen molar-refractivity contribution in [1.82, 2.24) is 14.7 Å². The van der Waals surface area contributed by atoms with Crippen LogP contribution in [0.3, 0.4) is 0 Å². The first kappa shape index (κ1) is 10.7. The van der Waals surface area contributed by atoms with E-state index in [9.17, 15) is 4.39 Å². The molecule has 1 aliphatic rings. The molecule has 3 heterocycles. The van der Waals surface area contributed by atoms with E-state index in [4.69, 9.17) is 0 Å². The fraction of sp³-hybridized carbons (Fsp3) is 0.462. The van der Waals surface area contributed by atoms with Gasteiger partial charge in [-0.15, -0.1) is 0 Å². The summed E-state index contributed by atoms with van der Waals surface area (Å²) in [6, 6.07) is 5.00. The Balaban J connectivity index is 1.83. The molecular formula is C13H16FN3. The second-order valence-corrected chi connectivity index (χ2v) is 4.71. The number of rotatable bonds is 2. The second-order valence-electron chi connectivity index (χ2n) is 4.71. The molecule has 2 aromatic heterocycles. The van der Waals surface area contributed by atoms with E-state index >= 15 is 0 Å². The minimum Gasteiger partial charge on any atom is -0.317 e. The molecule has 90 valence electrons. The summed E-state index contributed by atoms with van der Waals surface area (Å²) in [6.07, 6.45) is 5.17. The monoisotopic (exact) mass is 233 g/mol. The van der Waals surface area contributed by atoms with E-state index in [1.807, 2.05) is 12.3 Å². The Bertz CT molecular complexity index is 514. The van der Waals surface area contributed by atoms with Crippen molar-refractivity contribution >= 4 is 5.65 Å². The van der Waals surface area contributed by atoms with Crippen LogP contribution >= 0.6 is 0 Å². The Morgan fingerprint density at radius 3 is 2.94 bits per heavy atom. The van der Waals surface area contributed by atoms with Gasteiger partial charge in [0.15, 0.2) is 5.95 Å². The molecule has 1 aliphatic heterocycles. The highest BCUT2D eigenvalue weighted by Crippen LogP contribution is 2.18. The Morgan fingerprint density at radius 2 is 2.18 bits per heavy atom. The van der Waals surface area contributed by atoms with Crippen molar-refractivity contribution in [2.24, 2.45) is 5.92 Å². The van der Waals surface area contributed by atoms with Gasteiger partial charge in [0.25, 0.3) is 0 Å². The predicted molar refractivity (Wildman–Crippen MR) is 64.4 cm³/mol. The van der Waals surface area contributed by atoms with Crippen molar-refractivity contribution in [3.63, 3.8) is 0 Å². The van der Waals surface area contributed by atoms with Gasteiger partial charge < -0.3 is 5.32 Å². The van der Waals surface area contributed by atoms with E-state index in [0.29, 0.717) is 11.6 Å². The van der Waals surface area contributed by atoms with Gasteiger partial charge in [-0.1, -0.05) is 6.07 Å². The highest BCUT2D eigenvalue weighted by molar-refractivity contribution is 5.39. The maximum atomic E-state index is 13.5. The number of aromatic nitrogens is 2. The van der Waals surface area contributed by atoms with Gasteiger partial charge in [0.1, 0.15) is 5.65 Å². The van der Waals surface area contributed by atoms with Crippen LogP contribution in [0.15, 0.2) is 24.4 Å². The normalized spacial score (nSPS) is 17.7. The molecule has 1 fully saturated rings. The molecule has 3 rings (SSSR count). The van der Waals surface area contributed by atoms with Crippen molar-refractivity contribution in [2.75, 3.05) is 13.1 Å². The zero-order valence-corrected chi connectivity index (χ0v) is 9.69. The smallest absolute Gasteiger partial charge is 0.199 e.